The van der Waals surface area contributed by atoms with Crippen LogP contribution in [-0.4, -0.2) is 59.7 Å². The molecule has 0 N–H and O–H groups in total. The molecule has 21 heavy (non-hydrogen) atoms. The van der Waals surface area contributed by atoms with Crippen LogP contribution >= 0.6 is 27.7 Å². The van der Waals surface area contributed by atoms with E-state index in [2.05, 4.69) is 20.9 Å². The maximum Gasteiger partial charge on any atom is 0.284 e. The molecule has 1 saturated heterocycles. The van der Waals surface area contributed by atoms with Crippen molar-refractivity contribution in [2.75, 3.05) is 32.9 Å². The van der Waals surface area contributed by atoms with Crippen LogP contribution in [0.15, 0.2) is 33.7 Å². The molecule has 2 rings (SSSR count). The summed E-state index contributed by atoms with van der Waals surface area (Å²) in [6, 6.07) is 7.47. The third-order valence-corrected chi connectivity index (χ3v) is 4.30. The molecule has 1 aromatic carbocycles. The van der Waals surface area contributed by atoms with Crippen molar-refractivity contribution < 1.29 is 26.4 Å². The summed E-state index contributed by atoms with van der Waals surface area (Å²) in [5.74, 6) is 1.10. The zero-order valence-electron chi connectivity index (χ0n) is 11.9. The second-order valence-corrected chi connectivity index (χ2v) is 6.67. The fraction of sp³-hybridized carbons (Fsp3) is 0.357. The predicted octanol–water partition coefficient (Wildman–Crippen LogP) is -0.659. The lowest BCUT2D eigenvalue weighted by Gasteiger charge is -2.13. The van der Waals surface area contributed by atoms with Gasteiger partial charge in [0.25, 0.3) is 11.5 Å². The number of hydrogen-bond acceptors (Lipinski definition) is 2. The molecular formula is C14H17Br2N3OS. The fourth-order valence-electron chi connectivity index (χ4n) is 1.76. The topological polar surface area (TPSA) is 35.7 Å². The second-order valence-electron chi connectivity index (χ2n) is 4.69. The number of nitrogens with zero attached hydrogens (tertiary/aromatic N) is 3. The summed E-state index contributed by atoms with van der Waals surface area (Å²) in [7, 11) is 3.86. The number of amidine groups is 1. The van der Waals surface area contributed by atoms with E-state index in [0.717, 1.165) is 27.5 Å². The second kappa shape index (κ2) is 8.70. The van der Waals surface area contributed by atoms with Crippen molar-refractivity contribution in [2.24, 2.45) is 4.99 Å². The largest absolute Gasteiger partial charge is 1.00 e. The van der Waals surface area contributed by atoms with E-state index in [9.17, 15) is 4.79 Å². The van der Waals surface area contributed by atoms with Gasteiger partial charge >= 0.3 is 0 Å². The van der Waals surface area contributed by atoms with Crippen molar-refractivity contribution in [1.82, 2.24) is 4.90 Å². The van der Waals surface area contributed by atoms with Crippen LogP contribution in [0.1, 0.15) is 10.4 Å². The highest BCUT2D eigenvalue weighted by atomic mass is 79.9. The zero-order valence-corrected chi connectivity index (χ0v) is 15.9. The van der Waals surface area contributed by atoms with Crippen molar-refractivity contribution in [3.05, 3.63) is 34.3 Å². The first-order valence-electron chi connectivity index (χ1n) is 6.30. The maximum atomic E-state index is 12.3. The lowest BCUT2D eigenvalue weighted by atomic mass is 10.1. The first-order chi connectivity index (χ1) is 9.56. The van der Waals surface area contributed by atoms with Gasteiger partial charge in [0.15, 0.2) is 5.78 Å². The minimum Gasteiger partial charge on any atom is -1.00 e. The van der Waals surface area contributed by atoms with Gasteiger partial charge in [-0.1, -0.05) is 39.8 Å². The Hall–Kier alpha value is -0.660. The highest BCUT2D eigenvalue weighted by Gasteiger charge is 2.25. The van der Waals surface area contributed by atoms with E-state index in [1.54, 1.807) is 18.1 Å². The number of aliphatic imine (C=N–C) groups is 1. The summed E-state index contributed by atoms with van der Waals surface area (Å²) < 4.78 is 2.87. The van der Waals surface area contributed by atoms with E-state index in [1.807, 2.05) is 47.8 Å². The molecule has 0 aromatic heterocycles. The van der Waals surface area contributed by atoms with Crippen molar-refractivity contribution in [2.45, 2.75) is 0 Å². The van der Waals surface area contributed by atoms with E-state index in [1.165, 1.54) is 0 Å². The minimum atomic E-state index is 0. The number of thioether (sulfide) groups is 1. The molecule has 0 bridgehead atoms. The molecule has 0 saturated carbocycles. The lowest BCUT2D eigenvalue weighted by Crippen LogP contribution is -3.00. The molecule has 1 aromatic rings. The van der Waals surface area contributed by atoms with Crippen LogP contribution in [0.3, 0.4) is 0 Å². The van der Waals surface area contributed by atoms with Crippen LogP contribution in [0.5, 0.6) is 0 Å². The molecule has 1 aliphatic rings. The Morgan fingerprint density at radius 2 is 2.10 bits per heavy atom. The number of Topliss-reactive ketones (excluding diaryl/α,β-unsaturated/α-hetero) is 1. The van der Waals surface area contributed by atoms with Gasteiger partial charge in [0.05, 0.1) is 20.6 Å². The molecule has 0 aliphatic carbocycles. The zero-order chi connectivity index (χ0) is 14.5. The normalized spacial score (nSPS) is 15.8. The van der Waals surface area contributed by atoms with Crippen molar-refractivity contribution in [3.8, 4) is 0 Å². The smallest absolute Gasteiger partial charge is 0.284 e. The third-order valence-electron chi connectivity index (χ3n) is 2.76. The number of carbonyl (C=O) groups excluding carboxylic acids is 1. The first-order valence-corrected chi connectivity index (χ1v) is 8.08. The predicted molar refractivity (Wildman–Crippen MR) is 88.1 cm³/mol. The van der Waals surface area contributed by atoms with Crippen molar-refractivity contribution >= 4 is 45.0 Å². The van der Waals surface area contributed by atoms with Gasteiger partial charge in [-0.3, -0.25) is 9.37 Å². The van der Waals surface area contributed by atoms with Crippen molar-refractivity contribution in [3.63, 3.8) is 0 Å². The molecule has 1 aliphatic heterocycles. The quantitative estimate of drug-likeness (QED) is 0.273. The van der Waals surface area contributed by atoms with Gasteiger partial charge in [-0.05, 0) is 17.1 Å². The lowest BCUT2D eigenvalue weighted by molar-refractivity contribution is -0.460. The van der Waals surface area contributed by atoms with Gasteiger partial charge in [-0.25, -0.2) is 0 Å². The van der Waals surface area contributed by atoms with Gasteiger partial charge in [0.1, 0.15) is 0 Å². The molecule has 0 unspecified atom stereocenters. The molecule has 4 nitrogen and oxygen atoms in total. The first kappa shape index (κ1) is 18.4. The summed E-state index contributed by atoms with van der Waals surface area (Å²) >= 11 is 5.06. The van der Waals surface area contributed by atoms with E-state index >= 15 is 0 Å². The Labute approximate surface area is 148 Å². The molecule has 7 heteroatoms. The van der Waals surface area contributed by atoms with E-state index < -0.39 is 0 Å². The minimum absolute atomic E-state index is 0. The average Bonchev–Trinajstić information content (AvgIpc) is 2.84. The number of carbonyl (C=O) groups is 1. The van der Waals surface area contributed by atoms with Crippen LogP contribution in [-0.2, 0) is 0 Å². The highest BCUT2D eigenvalue weighted by molar-refractivity contribution is 9.10. The Morgan fingerprint density at radius 3 is 2.71 bits per heavy atom. The molecular weight excluding hydrogens is 418 g/mol. The summed E-state index contributed by atoms with van der Waals surface area (Å²) in [6.07, 6.45) is 1.77. The summed E-state index contributed by atoms with van der Waals surface area (Å²) in [4.78, 5) is 18.7. The standard InChI is InChI=1S/C14H17BrN3OS.BrH/c1-17(2)10-16-14-18(7-8-20-14)9-13(19)11-3-5-12(15)6-4-11;/h3-6,10H,7-9H2,1-2H3;1H/q+1;/p-1. The molecule has 0 radical (unpaired) electrons. The number of halogens is 2. The van der Waals surface area contributed by atoms with Crippen LogP contribution in [0.2, 0.25) is 0 Å². The Kier molecular flexibility index (Phi) is 7.62. The maximum absolute atomic E-state index is 12.3. The van der Waals surface area contributed by atoms with E-state index in [4.69, 9.17) is 0 Å². The summed E-state index contributed by atoms with van der Waals surface area (Å²) in [6.45, 7) is 1.25. The Morgan fingerprint density at radius 1 is 1.43 bits per heavy atom. The SMILES string of the molecule is C[N+](C)=CN=C1SCCN1CC(=O)c1ccc(Br)cc1.[Br-]. The number of hydrogen-bond donors (Lipinski definition) is 0. The van der Waals surface area contributed by atoms with Gasteiger partial charge in [0, 0.05) is 22.3 Å². The van der Waals surface area contributed by atoms with E-state index in [-0.39, 0.29) is 22.8 Å². The molecule has 0 amide bonds. The van der Waals surface area contributed by atoms with Crippen LogP contribution in [0.25, 0.3) is 0 Å². The van der Waals surface area contributed by atoms with Crippen LogP contribution < -0.4 is 17.0 Å². The van der Waals surface area contributed by atoms with E-state index in [0.29, 0.717) is 6.54 Å². The number of ketones is 1. The van der Waals surface area contributed by atoms with Crippen molar-refractivity contribution in [1.29, 1.82) is 0 Å². The van der Waals surface area contributed by atoms with Crippen LogP contribution in [0, 0.1) is 0 Å². The Bertz CT molecular complexity index is 554. The van der Waals surface area contributed by atoms with Gasteiger partial charge in [-0.15, -0.1) is 0 Å². The summed E-state index contributed by atoms with van der Waals surface area (Å²) in [5.41, 5.74) is 0.737. The fourth-order valence-corrected chi connectivity index (χ4v) is 2.98. The third kappa shape index (κ3) is 5.56. The van der Waals surface area contributed by atoms with Gasteiger partial charge < -0.3 is 21.9 Å². The Balaban J connectivity index is 0.00000220. The molecule has 0 atom stereocenters. The van der Waals surface area contributed by atoms with Gasteiger partial charge in [0.2, 0.25) is 0 Å². The molecule has 1 heterocycles. The summed E-state index contributed by atoms with van der Waals surface area (Å²) in [5, 5.41) is 0.921. The number of rotatable bonds is 4. The van der Waals surface area contributed by atoms with Crippen LogP contribution in [0.4, 0.5) is 0 Å². The highest BCUT2D eigenvalue weighted by Crippen LogP contribution is 2.18. The molecule has 1 fully saturated rings. The molecule has 114 valence electrons. The average molecular weight is 435 g/mol. The van der Waals surface area contributed by atoms with Gasteiger partial charge in [-0.2, -0.15) is 0 Å². The molecule has 0 spiro atoms. The number of benzene rings is 1. The monoisotopic (exact) mass is 433 g/mol.